The molecule has 2 aromatic heterocycles. The van der Waals surface area contributed by atoms with Gasteiger partial charge in [0.2, 0.25) is 0 Å². The minimum absolute atomic E-state index is 0.0717. The van der Waals surface area contributed by atoms with Crippen molar-refractivity contribution < 1.29 is 4.92 Å². The van der Waals surface area contributed by atoms with Gasteiger partial charge in [-0.1, -0.05) is 6.08 Å². The summed E-state index contributed by atoms with van der Waals surface area (Å²) in [6.45, 7) is 3.55. The van der Waals surface area contributed by atoms with E-state index in [1.807, 2.05) is 23.6 Å². The molecule has 3 rings (SSSR count). The number of aromatic nitrogens is 2. The molecular weight excluding hydrogens is 270 g/mol. The van der Waals surface area contributed by atoms with Crippen LogP contribution in [0.4, 0.5) is 5.69 Å². The number of nitrogens with zero attached hydrogens (tertiary/aromatic N) is 4. The Morgan fingerprint density at radius 3 is 2.86 bits per heavy atom. The minimum atomic E-state index is -0.401. The van der Waals surface area contributed by atoms with Crippen LogP contribution >= 0.6 is 0 Å². The van der Waals surface area contributed by atoms with Crippen LogP contribution in [0.1, 0.15) is 13.3 Å². The number of nitro groups is 1. The Balaban J connectivity index is 0.000000194. The minimum Gasteiger partial charge on any atom is -0.398 e. The predicted molar refractivity (Wildman–Crippen MR) is 82.3 cm³/mol. The molecule has 0 atom stereocenters. The lowest BCUT2D eigenvalue weighted by Gasteiger charge is -1.96. The first-order valence-electron chi connectivity index (χ1n) is 6.67. The van der Waals surface area contributed by atoms with E-state index in [9.17, 15) is 10.1 Å². The fraction of sp³-hybridized carbons (Fsp3) is 0.286. The number of allylic oxidation sites excluding steroid dienone is 1. The van der Waals surface area contributed by atoms with Gasteiger partial charge in [-0.15, -0.1) is 0 Å². The molecule has 2 N–H and O–H groups in total. The van der Waals surface area contributed by atoms with Crippen molar-refractivity contribution in [2.45, 2.75) is 19.9 Å². The molecule has 0 radical (unpaired) electrons. The zero-order valence-corrected chi connectivity index (χ0v) is 11.8. The van der Waals surface area contributed by atoms with Crippen molar-refractivity contribution >= 4 is 22.9 Å². The van der Waals surface area contributed by atoms with E-state index in [4.69, 9.17) is 5.73 Å². The average molecular weight is 287 g/mol. The van der Waals surface area contributed by atoms with Crippen LogP contribution in [0.25, 0.3) is 11.0 Å². The zero-order chi connectivity index (χ0) is 15.2. The lowest BCUT2D eigenvalue weighted by Crippen LogP contribution is -2.02. The molecule has 7 heteroatoms. The molecule has 3 heterocycles. The summed E-state index contributed by atoms with van der Waals surface area (Å²) in [4.78, 5) is 18.2. The van der Waals surface area contributed by atoms with E-state index in [2.05, 4.69) is 9.98 Å². The van der Waals surface area contributed by atoms with Crippen LogP contribution in [0.5, 0.6) is 0 Å². The molecular formula is C14H17N5O2. The van der Waals surface area contributed by atoms with Gasteiger partial charge in [-0.3, -0.25) is 15.1 Å². The van der Waals surface area contributed by atoms with Crippen molar-refractivity contribution in [2.75, 3.05) is 6.54 Å². The Labute approximate surface area is 122 Å². The van der Waals surface area contributed by atoms with E-state index in [0.29, 0.717) is 12.1 Å². The number of pyridine rings is 1. The maximum Gasteiger partial charge on any atom is 0.312 e. The smallest absolute Gasteiger partial charge is 0.312 e. The van der Waals surface area contributed by atoms with Crippen molar-refractivity contribution in [3.63, 3.8) is 0 Å². The Morgan fingerprint density at radius 1 is 1.52 bits per heavy atom. The Kier molecular flexibility index (Phi) is 4.65. The van der Waals surface area contributed by atoms with Gasteiger partial charge in [-0.25, -0.2) is 4.98 Å². The van der Waals surface area contributed by atoms with Gasteiger partial charge < -0.3 is 10.3 Å². The van der Waals surface area contributed by atoms with Crippen LogP contribution in [-0.2, 0) is 6.54 Å². The van der Waals surface area contributed by atoms with Gasteiger partial charge in [0.15, 0.2) is 5.52 Å². The molecule has 1 aliphatic heterocycles. The fourth-order valence-corrected chi connectivity index (χ4v) is 2.03. The molecule has 21 heavy (non-hydrogen) atoms. The third-order valence-electron chi connectivity index (χ3n) is 3.03. The molecule has 0 fully saturated rings. The van der Waals surface area contributed by atoms with Crippen molar-refractivity contribution in [1.29, 1.82) is 0 Å². The van der Waals surface area contributed by atoms with E-state index in [1.54, 1.807) is 18.5 Å². The molecule has 7 nitrogen and oxygen atoms in total. The molecule has 110 valence electrons. The summed E-state index contributed by atoms with van der Waals surface area (Å²) in [5, 5.41) is 10.7. The van der Waals surface area contributed by atoms with Crippen LogP contribution in [0.3, 0.4) is 0 Å². The molecule has 0 amide bonds. The molecule has 2 aromatic rings. The third-order valence-corrected chi connectivity index (χ3v) is 3.03. The zero-order valence-electron chi connectivity index (χ0n) is 11.8. The Morgan fingerprint density at radius 2 is 2.33 bits per heavy atom. The van der Waals surface area contributed by atoms with Gasteiger partial charge in [-0.2, -0.15) is 0 Å². The van der Waals surface area contributed by atoms with Crippen LogP contribution in [0.2, 0.25) is 0 Å². The standard InChI is InChI=1S/C9H9N3O2.C5H8N2/c1-2-11-6-8(12(13)14)9-7(11)4-3-5-10-9;6-5-2-1-3-7-4-5/h3-6H,2H2,1H3;2,4H,1,3,6H2. The normalized spacial score (nSPS) is 13.5. The topological polar surface area (TPSA) is 99.3 Å². The highest BCUT2D eigenvalue weighted by atomic mass is 16.6. The first-order chi connectivity index (χ1) is 10.1. The van der Waals surface area contributed by atoms with Crippen LogP contribution in [0.15, 0.2) is 41.3 Å². The number of aryl methyl sites for hydroxylation is 1. The molecule has 0 saturated heterocycles. The van der Waals surface area contributed by atoms with Crippen molar-refractivity contribution in [3.05, 3.63) is 46.4 Å². The summed E-state index contributed by atoms with van der Waals surface area (Å²) in [5.74, 6) is 0. The molecule has 0 saturated carbocycles. The number of rotatable bonds is 2. The number of nitrogens with two attached hydrogens (primary N) is 1. The van der Waals surface area contributed by atoms with Crippen molar-refractivity contribution in [3.8, 4) is 0 Å². The van der Waals surface area contributed by atoms with E-state index >= 15 is 0 Å². The summed E-state index contributed by atoms with van der Waals surface area (Å²) < 4.78 is 1.82. The predicted octanol–water partition coefficient (Wildman–Crippen LogP) is 2.27. The molecule has 0 bridgehead atoms. The first-order valence-corrected chi connectivity index (χ1v) is 6.67. The number of fused-ring (bicyclic) bond motifs is 1. The highest BCUT2D eigenvalue weighted by Gasteiger charge is 2.17. The van der Waals surface area contributed by atoms with Gasteiger partial charge in [0.05, 0.1) is 16.6 Å². The molecule has 0 aromatic carbocycles. The molecule has 0 spiro atoms. The van der Waals surface area contributed by atoms with Gasteiger partial charge >= 0.3 is 5.69 Å². The summed E-state index contributed by atoms with van der Waals surface area (Å²) >= 11 is 0. The second kappa shape index (κ2) is 6.65. The van der Waals surface area contributed by atoms with Gasteiger partial charge in [0.25, 0.3) is 0 Å². The fourth-order valence-electron chi connectivity index (χ4n) is 2.03. The number of hydrogen-bond donors (Lipinski definition) is 1. The van der Waals surface area contributed by atoms with Crippen molar-refractivity contribution in [2.24, 2.45) is 10.7 Å². The van der Waals surface area contributed by atoms with Crippen LogP contribution in [0, 0.1) is 10.1 Å². The van der Waals surface area contributed by atoms with Crippen LogP contribution in [-0.4, -0.2) is 27.2 Å². The summed E-state index contributed by atoms with van der Waals surface area (Å²) in [7, 11) is 0. The second-order valence-electron chi connectivity index (χ2n) is 4.46. The maximum absolute atomic E-state index is 10.7. The maximum atomic E-state index is 10.7. The SMILES string of the molecule is CCn1cc([N+](=O)[O-])c2ncccc21.NC1=CCCN=C1. The van der Waals surface area contributed by atoms with E-state index in [-0.39, 0.29) is 5.69 Å². The monoisotopic (exact) mass is 287 g/mol. The highest BCUT2D eigenvalue weighted by Crippen LogP contribution is 2.25. The molecule has 0 unspecified atom stereocenters. The lowest BCUT2D eigenvalue weighted by molar-refractivity contribution is -0.383. The Hall–Kier alpha value is -2.70. The van der Waals surface area contributed by atoms with E-state index in [0.717, 1.165) is 24.2 Å². The summed E-state index contributed by atoms with van der Waals surface area (Å²) in [6.07, 6.45) is 7.77. The van der Waals surface area contributed by atoms with Crippen molar-refractivity contribution in [1.82, 2.24) is 9.55 Å². The summed E-state index contributed by atoms with van der Waals surface area (Å²) in [6, 6.07) is 3.61. The van der Waals surface area contributed by atoms with Crippen LogP contribution < -0.4 is 5.73 Å². The lowest BCUT2D eigenvalue weighted by atomic mass is 10.3. The third kappa shape index (κ3) is 3.44. The second-order valence-corrected chi connectivity index (χ2v) is 4.46. The largest absolute Gasteiger partial charge is 0.398 e. The number of dihydropyridines is 1. The van der Waals surface area contributed by atoms with E-state index in [1.165, 1.54) is 6.20 Å². The quantitative estimate of drug-likeness (QED) is 0.676. The van der Waals surface area contributed by atoms with Gasteiger partial charge in [-0.05, 0) is 25.5 Å². The highest BCUT2D eigenvalue weighted by molar-refractivity contribution is 5.85. The first kappa shape index (κ1) is 14.7. The number of aliphatic imine (C=N–C) groups is 1. The average Bonchev–Trinajstić information content (AvgIpc) is 2.88. The number of hydrogen-bond acceptors (Lipinski definition) is 5. The van der Waals surface area contributed by atoms with Gasteiger partial charge in [0, 0.05) is 31.2 Å². The molecule has 0 aliphatic carbocycles. The summed E-state index contributed by atoms with van der Waals surface area (Å²) in [5.41, 5.74) is 7.48. The molecule has 1 aliphatic rings. The van der Waals surface area contributed by atoms with E-state index < -0.39 is 4.92 Å². The van der Waals surface area contributed by atoms with Gasteiger partial charge in [0.1, 0.15) is 0 Å². The Bertz CT molecular complexity index is 702.